The van der Waals surface area contributed by atoms with Crippen LogP contribution in [0.2, 0.25) is 0 Å². The number of carbonyl (C=O) groups is 1. The molecule has 1 amide bonds. The molecule has 190 valence electrons. The molecule has 1 N–H and O–H groups in total. The lowest BCUT2D eigenvalue weighted by molar-refractivity contribution is 0.102. The van der Waals surface area contributed by atoms with Gasteiger partial charge in [-0.1, -0.05) is 61.5 Å². The highest BCUT2D eigenvalue weighted by Crippen LogP contribution is 2.42. The number of ether oxygens (including phenoxy) is 1. The summed E-state index contributed by atoms with van der Waals surface area (Å²) in [6.45, 7) is 5.84. The van der Waals surface area contributed by atoms with Gasteiger partial charge < -0.3 is 15.0 Å². The van der Waals surface area contributed by atoms with Crippen LogP contribution in [-0.2, 0) is 6.42 Å². The Balaban J connectivity index is 1.50. The summed E-state index contributed by atoms with van der Waals surface area (Å²) < 4.78 is 5.83. The van der Waals surface area contributed by atoms with Crippen molar-refractivity contribution >= 4 is 27.9 Å². The standard InChI is InChI=1S/C31H33N3O2S/c1-3-25-22-27(31(37-25)32-30(35)23-12-6-4-7-13-23)29(26-16-10-11-17-28(26)36-2)34-20-18-33(19-21-34)24-14-8-5-9-15-24/h4-17,22,29H,3,18-21H2,1-2H3,(H,32,35)/t29-/m0/s1. The molecule has 1 aliphatic heterocycles. The highest BCUT2D eigenvalue weighted by molar-refractivity contribution is 7.16. The van der Waals surface area contributed by atoms with Gasteiger partial charge in [0, 0.05) is 53.4 Å². The molecular formula is C31H33N3O2S. The van der Waals surface area contributed by atoms with Crippen molar-refractivity contribution in [2.75, 3.05) is 43.5 Å². The fourth-order valence-corrected chi connectivity index (χ4v) is 6.05. The van der Waals surface area contributed by atoms with E-state index < -0.39 is 0 Å². The van der Waals surface area contributed by atoms with Crippen molar-refractivity contribution < 1.29 is 9.53 Å². The van der Waals surface area contributed by atoms with E-state index in [1.165, 1.54) is 10.6 Å². The topological polar surface area (TPSA) is 44.8 Å². The third-order valence-corrected chi connectivity index (χ3v) is 8.16. The monoisotopic (exact) mass is 511 g/mol. The van der Waals surface area contributed by atoms with Gasteiger partial charge in [-0.25, -0.2) is 0 Å². The molecule has 0 bridgehead atoms. The lowest BCUT2D eigenvalue weighted by atomic mass is 9.96. The van der Waals surface area contributed by atoms with Gasteiger partial charge in [0.2, 0.25) is 0 Å². The van der Waals surface area contributed by atoms with E-state index in [0.717, 1.165) is 54.5 Å². The van der Waals surface area contributed by atoms with Gasteiger partial charge in [0.25, 0.3) is 5.91 Å². The average molecular weight is 512 g/mol. The molecular weight excluding hydrogens is 478 g/mol. The van der Waals surface area contributed by atoms with E-state index in [2.05, 4.69) is 70.6 Å². The number of piperazine rings is 1. The molecule has 0 saturated carbocycles. The zero-order chi connectivity index (χ0) is 25.6. The SMILES string of the molecule is CCc1cc([C@H](c2ccccc2OC)N2CCN(c3ccccc3)CC2)c(NC(=O)c2ccccc2)s1. The molecule has 1 saturated heterocycles. The van der Waals surface area contributed by atoms with Crippen molar-refractivity contribution in [3.63, 3.8) is 0 Å². The maximum atomic E-state index is 13.2. The van der Waals surface area contributed by atoms with E-state index in [4.69, 9.17) is 4.74 Å². The molecule has 4 aromatic rings. The molecule has 1 aromatic heterocycles. The quantitative estimate of drug-likeness (QED) is 0.294. The molecule has 5 rings (SSSR count). The smallest absolute Gasteiger partial charge is 0.256 e. The summed E-state index contributed by atoms with van der Waals surface area (Å²) in [7, 11) is 1.73. The summed E-state index contributed by atoms with van der Waals surface area (Å²) in [5, 5.41) is 4.15. The first kappa shape index (κ1) is 25.1. The summed E-state index contributed by atoms with van der Waals surface area (Å²) in [4.78, 5) is 19.4. The number of hydrogen-bond donors (Lipinski definition) is 1. The molecule has 1 aliphatic rings. The summed E-state index contributed by atoms with van der Waals surface area (Å²) >= 11 is 1.67. The fourth-order valence-electron chi connectivity index (χ4n) is 5.03. The molecule has 1 atom stereocenters. The summed E-state index contributed by atoms with van der Waals surface area (Å²) in [6, 6.07) is 30.5. The van der Waals surface area contributed by atoms with Crippen molar-refractivity contribution in [1.29, 1.82) is 0 Å². The van der Waals surface area contributed by atoms with Crippen LogP contribution in [0.1, 0.15) is 39.3 Å². The lowest BCUT2D eigenvalue weighted by Gasteiger charge is -2.41. The van der Waals surface area contributed by atoms with Crippen LogP contribution in [0.5, 0.6) is 5.75 Å². The molecule has 37 heavy (non-hydrogen) atoms. The number of nitrogens with zero attached hydrogens (tertiary/aromatic N) is 2. The molecule has 3 aromatic carbocycles. The minimum atomic E-state index is -0.0842. The molecule has 2 heterocycles. The van der Waals surface area contributed by atoms with E-state index in [-0.39, 0.29) is 11.9 Å². The maximum Gasteiger partial charge on any atom is 0.256 e. The Morgan fingerprint density at radius 1 is 0.892 bits per heavy atom. The van der Waals surface area contributed by atoms with Gasteiger partial charge in [0.15, 0.2) is 0 Å². The molecule has 1 fully saturated rings. The third-order valence-electron chi connectivity index (χ3n) is 6.95. The van der Waals surface area contributed by atoms with Crippen molar-refractivity contribution in [2.45, 2.75) is 19.4 Å². The van der Waals surface area contributed by atoms with Crippen molar-refractivity contribution in [2.24, 2.45) is 0 Å². The first-order valence-electron chi connectivity index (χ1n) is 12.8. The molecule has 6 heteroatoms. The highest BCUT2D eigenvalue weighted by atomic mass is 32.1. The Morgan fingerprint density at radius 2 is 1.54 bits per heavy atom. The van der Waals surface area contributed by atoms with Crippen LogP contribution in [0.4, 0.5) is 10.7 Å². The zero-order valence-corrected chi connectivity index (χ0v) is 22.2. The largest absolute Gasteiger partial charge is 0.496 e. The van der Waals surface area contributed by atoms with Crippen LogP contribution in [-0.4, -0.2) is 44.1 Å². The number of hydrogen-bond acceptors (Lipinski definition) is 5. The maximum absolute atomic E-state index is 13.2. The second-order valence-electron chi connectivity index (χ2n) is 9.17. The van der Waals surface area contributed by atoms with Crippen LogP contribution in [0, 0.1) is 0 Å². The normalized spacial score (nSPS) is 14.8. The van der Waals surface area contributed by atoms with Gasteiger partial charge in [-0.2, -0.15) is 0 Å². The van der Waals surface area contributed by atoms with Gasteiger partial charge in [-0.15, -0.1) is 11.3 Å². The second-order valence-corrected chi connectivity index (χ2v) is 10.3. The highest BCUT2D eigenvalue weighted by Gasteiger charge is 2.32. The predicted molar refractivity (Wildman–Crippen MR) is 153 cm³/mol. The molecule has 5 nitrogen and oxygen atoms in total. The Bertz CT molecular complexity index is 1310. The van der Waals surface area contributed by atoms with Gasteiger partial charge in [0.05, 0.1) is 13.2 Å². The number of thiophene rings is 1. The van der Waals surface area contributed by atoms with Crippen molar-refractivity contribution in [3.05, 3.63) is 113 Å². The van der Waals surface area contributed by atoms with Crippen LogP contribution < -0.4 is 15.0 Å². The first-order valence-corrected chi connectivity index (χ1v) is 13.7. The number of carbonyl (C=O) groups excluding carboxylic acids is 1. The van der Waals surface area contributed by atoms with Crippen LogP contribution in [0.3, 0.4) is 0 Å². The average Bonchev–Trinajstić information content (AvgIpc) is 3.37. The van der Waals surface area contributed by atoms with E-state index in [1.54, 1.807) is 18.4 Å². The Hall–Kier alpha value is -3.61. The molecule has 0 radical (unpaired) electrons. The number of rotatable bonds is 8. The van der Waals surface area contributed by atoms with E-state index in [9.17, 15) is 4.79 Å². The number of methoxy groups -OCH3 is 1. The lowest BCUT2D eigenvalue weighted by Crippen LogP contribution is -2.48. The van der Waals surface area contributed by atoms with Gasteiger partial charge in [-0.3, -0.25) is 9.69 Å². The number of aryl methyl sites for hydroxylation is 1. The minimum Gasteiger partial charge on any atom is -0.496 e. The van der Waals surface area contributed by atoms with E-state index in [0.29, 0.717) is 5.56 Å². The summed E-state index contributed by atoms with van der Waals surface area (Å²) in [5.74, 6) is 0.779. The second kappa shape index (κ2) is 11.6. The van der Waals surface area contributed by atoms with E-state index >= 15 is 0 Å². The molecule has 0 unspecified atom stereocenters. The number of amides is 1. The van der Waals surface area contributed by atoms with Crippen molar-refractivity contribution in [1.82, 2.24) is 4.90 Å². The summed E-state index contributed by atoms with van der Waals surface area (Å²) in [5.41, 5.74) is 4.17. The number of anilines is 2. The third kappa shape index (κ3) is 5.55. The van der Waals surface area contributed by atoms with E-state index in [1.807, 2.05) is 42.5 Å². The zero-order valence-electron chi connectivity index (χ0n) is 21.4. The Morgan fingerprint density at radius 3 is 2.22 bits per heavy atom. The van der Waals surface area contributed by atoms with Crippen molar-refractivity contribution in [3.8, 4) is 5.75 Å². The fraction of sp³-hybridized carbons (Fsp3) is 0.258. The van der Waals surface area contributed by atoms with Crippen LogP contribution in [0.25, 0.3) is 0 Å². The van der Waals surface area contributed by atoms with Crippen LogP contribution >= 0.6 is 11.3 Å². The number of para-hydroxylation sites is 2. The van der Waals surface area contributed by atoms with Gasteiger partial charge in [-0.05, 0) is 42.8 Å². The Labute approximate surface area is 223 Å². The predicted octanol–water partition coefficient (Wildman–Crippen LogP) is 6.48. The molecule has 0 spiro atoms. The minimum absolute atomic E-state index is 0.0308. The number of benzene rings is 3. The Kier molecular flexibility index (Phi) is 7.87. The van der Waals surface area contributed by atoms with Gasteiger partial charge in [0.1, 0.15) is 10.8 Å². The first-order chi connectivity index (χ1) is 18.2. The summed E-state index contributed by atoms with van der Waals surface area (Å²) in [6.07, 6.45) is 0.916. The molecule has 0 aliphatic carbocycles. The number of nitrogens with one attached hydrogen (secondary N) is 1. The van der Waals surface area contributed by atoms with Crippen LogP contribution in [0.15, 0.2) is 91.0 Å². The van der Waals surface area contributed by atoms with Gasteiger partial charge >= 0.3 is 0 Å².